The first-order chi connectivity index (χ1) is 12.1. The molecule has 1 aromatic rings. The summed E-state index contributed by atoms with van der Waals surface area (Å²) in [6.45, 7) is 1.83. The molecule has 1 unspecified atom stereocenters. The third-order valence-electron chi connectivity index (χ3n) is 5.79. The van der Waals surface area contributed by atoms with E-state index in [1.165, 1.54) is 55.6 Å². The molecule has 0 bridgehead atoms. The second-order valence-electron chi connectivity index (χ2n) is 7.52. The number of aromatic nitrogens is 2. The third kappa shape index (κ3) is 4.05. The van der Waals surface area contributed by atoms with Crippen LogP contribution in [-0.2, 0) is 4.79 Å². The minimum absolute atomic E-state index is 0.0961. The van der Waals surface area contributed by atoms with Crippen molar-refractivity contribution in [2.45, 2.75) is 89.3 Å². The summed E-state index contributed by atoms with van der Waals surface area (Å²) in [6.07, 6.45) is 14.5. The normalized spacial score (nSPS) is 21.0. The summed E-state index contributed by atoms with van der Waals surface area (Å²) in [5.41, 5.74) is 0.126. The van der Waals surface area contributed by atoms with Crippen molar-refractivity contribution >= 4 is 11.9 Å². The average molecular weight is 347 g/mol. The van der Waals surface area contributed by atoms with E-state index in [0.29, 0.717) is 12.1 Å². The second-order valence-corrected chi connectivity index (χ2v) is 7.52. The van der Waals surface area contributed by atoms with Gasteiger partial charge in [-0.2, -0.15) is 5.10 Å². The molecule has 1 amide bonds. The van der Waals surface area contributed by atoms with E-state index in [9.17, 15) is 9.59 Å². The van der Waals surface area contributed by atoms with Crippen molar-refractivity contribution in [2.24, 2.45) is 0 Å². The highest BCUT2D eigenvalue weighted by molar-refractivity contribution is 5.87. The van der Waals surface area contributed by atoms with Crippen LogP contribution < -0.4 is 0 Å². The molecule has 0 radical (unpaired) electrons. The van der Waals surface area contributed by atoms with Gasteiger partial charge in [-0.05, 0) is 32.6 Å². The molecule has 138 valence electrons. The summed E-state index contributed by atoms with van der Waals surface area (Å²) in [6, 6.07) is 0.208. The number of nitrogens with zero attached hydrogens (tertiary/aromatic N) is 3. The van der Waals surface area contributed by atoms with Crippen LogP contribution in [-0.4, -0.2) is 43.7 Å². The molecular weight excluding hydrogens is 318 g/mol. The molecule has 2 saturated carbocycles. The minimum Gasteiger partial charge on any atom is -0.478 e. The molecule has 1 aromatic heterocycles. The van der Waals surface area contributed by atoms with Crippen molar-refractivity contribution in [3.8, 4) is 0 Å². The maximum Gasteiger partial charge on any atom is 0.338 e. The maximum atomic E-state index is 13.3. The predicted molar refractivity (Wildman–Crippen MR) is 94.5 cm³/mol. The number of amides is 1. The lowest BCUT2D eigenvalue weighted by atomic mass is 9.88. The van der Waals surface area contributed by atoms with E-state index < -0.39 is 12.0 Å². The zero-order valence-electron chi connectivity index (χ0n) is 15.1. The number of hydrogen-bond acceptors (Lipinski definition) is 3. The fourth-order valence-corrected chi connectivity index (χ4v) is 4.37. The molecule has 0 spiro atoms. The largest absolute Gasteiger partial charge is 0.478 e. The highest BCUT2D eigenvalue weighted by Gasteiger charge is 2.35. The lowest BCUT2D eigenvalue weighted by Crippen LogP contribution is -2.51. The number of carboxylic acid groups (broad SMARTS) is 1. The van der Waals surface area contributed by atoms with E-state index in [0.717, 1.165) is 25.7 Å². The zero-order valence-corrected chi connectivity index (χ0v) is 15.1. The smallest absolute Gasteiger partial charge is 0.338 e. The average Bonchev–Trinajstić information content (AvgIpc) is 3.13. The van der Waals surface area contributed by atoms with Gasteiger partial charge in [-0.3, -0.25) is 9.48 Å². The Morgan fingerprint density at radius 3 is 2.04 bits per heavy atom. The summed E-state index contributed by atoms with van der Waals surface area (Å²) >= 11 is 0. The number of hydrogen-bond donors (Lipinski definition) is 1. The first-order valence-corrected chi connectivity index (χ1v) is 9.67. The van der Waals surface area contributed by atoms with Crippen molar-refractivity contribution in [1.29, 1.82) is 0 Å². The van der Waals surface area contributed by atoms with Gasteiger partial charge in [0.05, 0.1) is 11.8 Å². The molecule has 6 heteroatoms. The van der Waals surface area contributed by atoms with Crippen LogP contribution in [0.4, 0.5) is 0 Å². The molecule has 25 heavy (non-hydrogen) atoms. The van der Waals surface area contributed by atoms with Crippen molar-refractivity contribution in [1.82, 2.24) is 14.7 Å². The molecule has 6 nitrogen and oxygen atoms in total. The van der Waals surface area contributed by atoms with Crippen molar-refractivity contribution in [3.05, 3.63) is 18.0 Å². The Labute approximate surface area is 149 Å². The van der Waals surface area contributed by atoms with Gasteiger partial charge in [0.1, 0.15) is 6.04 Å². The molecule has 0 aromatic carbocycles. The van der Waals surface area contributed by atoms with E-state index >= 15 is 0 Å². The number of carbonyl (C=O) groups excluding carboxylic acids is 1. The highest BCUT2D eigenvalue weighted by atomic mass is 16.4. The summed E-state index contributed by atoms with van der Waals surface area (Å²) in [5.74, 6) is -0.916. The van der Waals surface area contributed by atoms with Crippen LogP contribution in [0.3, 0.4) is 0 Å². The number of rotatable bonds is 5. The Balaban J connectivity index is 1.79. The zero-order chi connectivity index (χ0) is 17.8. The molecule has 2 aliphatic carbocycles. The van der Waals surface area contributed by atoms with Gasteiger partial charge in [-0.25, -0.2) is 4.79 Å². The monoisotopic (exact) mass is 347 g/mol. The molecule has 1 N–H and O–H groups in total. The van der Waals surface area contributed by atoms with E-state index in [4.69, 9.17) is 5.11 Å². The van der Waals surface area contributed by atoms with Crippen LogP contribution in [0.25, 0.3) is 0 Å². The van der Waals surface area contributed by atoms with Crippen molar-refractivity contribution in [2.75, 3.05) is 0 Å². The first-order valence-electron chi connectivity index (χ1n) is 9.67. The topological polar surface area (TPSA) is 75.4 Å². The quantitative estimate of drug-likeness (QED) is 0.882. The third-order valence-corrected chi connectivity index (χ3v) is 5.79. The predicted octanol–water partition coefficient (Wildman–Crippen LogP) is 3.64. The van der Waals surface area contributed by atoms with Crippen LogP contribution in [0.1, 0.15) is 87.5 Å². The summed E-state index contributed by atoms with van der Waals surface area (Å²) in [4.78, 5) is 26.6. The second kappa shape index (κ2) is 8.02. The van der Waals surface area contributed by atoms with Crippen LogP contribution >= 0.6 is 0 Å². The minimum atomic E-state index is -1.01. The number of carbonyl (C=O) groups is 2. The molecule has 2 fully saturated rings. The van der Waals surface area contributed by atoms with E-state index in [1.807, 2.05) is 6.92 Å². The van der Waals surface area contributed by atoms with Crippen LogP contribution in [0.5, 0.6) is 0 Å². The van der Waals surface area contributed by atoms with Gasteiger partial charge < -0.3 is 10.0 Å². The molecule has 1 heterocycles. The summed E-state index contributed by atoms with van der Waals surface area (Å²) in [7, 11) is 0. The number of aromatic carboxylic acids is 1. The standard InChI is InChI=1S/C19H29N3O3/c1-14(21-13-15(12-20-21)19(24)25)18(23)22(16-8-4-2-5-9-16)17-10-6-3-7-11-17/h12-14,16-17H,2-11H2,1H3,(H,24,25). The van der Waals surface area contributed by atoms with Gasteiger partial charge in [0.25, 0.3) is 0 Å². The fourth-order valence-electron chi connectivity index (χ4n) is 4.37. The fraction of sp³-hybridized carbons (Fsp3) is 0.737. The lowest BCUT2D eigenvalue weighted by Gasteiger charge is -2.43. The Morgan fingerprint density at radius 2 is 1.60 bits per heavy atom. The Morgan fingerprint density at radius 1 is 1.08 bits per heavy atom. The van der Waals surface area contributed by atoms with Crippen LogP contribution in [0.15, 0.2) is 12.4 Å². The Kier molecular flexibility index (Phi) is 5.76. The highest BCUT2D eigenvalue weighted by Crippen LogP contribution is 2.32. The summed E-state index contributed by atoms with van der Waals surface area (Å²) in [5, 5.41) is 13.2. The summed E-state index contributed by atoms with van der Waals surface area (Å²) < 4.78 is 1.50. The van der Waals surface area contributed by atoms with E-state index in [1.54, 1.807) is 0 Å². The van der Waals surface area contributed by atoms with Gasteiger partial charge in [0, 0.05) is 18.3 Å². The lowest BCUT2D eigenvalue weighted by molar-refractivity contribution is -0.141. The van der Waals surface area contributed by atoms with Gasteiger partial charge in [0.15, 0.2) is 0 Å². The molecule has 0 aliphatic heterocycles. The van der Waals surface area contributed by atoms with Crippen molar-refractivity contribution < 1.29 is 14.7 Å². The van der Waals surface area contributed by atoms with Gasteiger partial charge in [0.2, 0.25) is 5.91 Å². The molecular formula is C19H29N3O3. The van der Waals surface area contributed by atoms with Crippen molar-refractivity contribution in [3.63, 3.8) is 0 Å². The molecule has 3 rings (SSSR count). The SMILES string of the molecule is CC(C(=O)N(C1CCCCC1)C1CCCCC1)n1cc(C(=O)O)cn1. The van der Waals surface area contributed by atoms with E-state index in [2.05, 4.69) is 10.00 Å². The van der Waals surface area contributed by atoms with Gasteiger partial charge >= 0.3 is 5.97 Å². The molecule has 0 saturated heterocycles. The first kappa shape index (κ1) is 18.0. The molecule has 1 atom stereocenters. The van der Waals surface area contributed by atoms with Crippen LogP contribution in [0, 0.1) is 0 Å². The van der Waals surface area contributed by atoms with E-state index in [-0.39, 0.29) is 11.5 Å². The van der Waals surface area contributed by atoms with Gasteiger partial charge in [-0.15, -0.1) is 0 Å². The van der Waals surface area contributed by atoms with Gasteiger partial charge in [-0.1, -0.05) is 38.5 Å². The molecule has 2 aliphatic rings. The Bertz CT molecular complexity index is 583. The Hall–Kier alpha value is -1.85. The maximum absolute atomic E-state index is 13.3. The van der Waals surface area contributed by atoms with Crippen LogP contribution in [0.2, 0.25) is 0 Å². The number of carboxylic acids is 1.